The van der Waals surface area contributed by atoms with Crippen molar-refractivity contribution in [1.29, 1.82) is 0 Å². The molecule has 0 spiro atoms. The van der Waals surface area contributed by atoms with E-state index in [0.29, 0.717) is 5.75 Å². The number of methoxy groups -OCH3 is 2. The molecule has 0 radical (unpaired) electrons. The van der Waals surface area contributed by atoms with Crippen LogP contribution < -0.4 is 9.47 Å². The molecule has 1 aliphatic rings. The van der Waals surface area contributed by atoms with Crippen LogP contribution in [0.5, 0.6) is 11.5 Å². The number of rotatable bonds is 6. The first kappa shape index (κ1) is 14.9. The summed E-state index contributed by atoms with van der Waals surface area (Å²) in [4.78, 5) is 12.7. The van der Waals surface area contributed by atoms with E-state index in [0.717, 1.165) is 29.7 Å². The summed E-state index contributed by atoms with van der Waals surface area (Å²) < 4.78 is 10.7. The average Bonchev–Trinajstić information content (AvgIpc) is 2.71. The van der Waals surface area contributed by atoms with Gasteiger partial charge in [-0.3, -0.25) is 4.79 Å². The molecule has 0 saturated carbocycles. The van der Waals surface area contributed by atoms with E-state index in [1.807, 2.05) is 6.07 Å². The minimum absolute atomic E-state index is 0.0950. The number of carbonyl (C=O) groups excluding carboxylic acids is 1. The molecule has 0 heterocycles. The van der Waals surface area contributed by atoms with Gasteiger partial charge in [0, 0.05) is 12.0 Å². The van der Waals surface area contributed by atoms with Crippen LogP contribution >= 0.6 is 0 Å². The second-order valence-electron chi connectivity index (χ2n) is 5.55. The molecular formula is C17H24O3. The number of unbranched alkanes of at least 4 members (excludes halogenated alkanes) is 2. The van der Waals surface area contributed by atoms with Crippen molar-refractivity contribution in [3.63, 3.8) is 0 Å². The Balaban J connectivity index is 2.32. The molecule has 0 amide bonds. The lowest BCUT2D eigenvalue weighted by molar-refractivity contribution is 0.0915. The van der Waals surface area contributed by atoms with Gasteiger partial charge in [0.1, 0.15) is 11.5 Å². The van der Waals surface area contributed by atoms with E-state index in [4.69, 9.17) is 9.47 Å². The predicted molar refractivity (Wildman–Crippen MR) is 79.9 cm³/mol. The molecule has 0 saturated heterocycles. The van der Waals surface area contributed by atoms with Gasteiger partial charge in [0.25, 0.3) is 0 Å². The molecule has 20 heavy (non-hydrogen) atoms. The second-order valence-corrected chi connectivity index (χ2v) is 5.55. The van der Waals surface area contributed by atoms with Crippen LogP contribution in [0.25, 0.3) is 0 Å². The van der Waals surface area contributed by atoms with Crippen molar-refractivity contribution in [3.05, 3.63) is 23.3 Å². The van der Waals surface area contributed by atoms with E-state index in [9.17, 15) is 4.79 Å². The van der Waals surface area contributed by atoms with Crippen molar-refractivity contribution >= 4 is 5.78 Å². The zero-order valence-electron chi connectivity index (χ0n) is 12.9. The maximum absolute atomic E-state index is 12.7. The Labute approximate surface area is 121 Å². The van der Waals surface area contributed by atoms with E-state index >= 15 is 0 Å². The number of benzene rings is 1. The second kappa shape index (κ2) is 6.29. The fourth-order valence-electron chi connectivity index (χ4n) is 3.14. The number of hydrogen-bond acceptors (Lipinski definition) is 3. The minimum atomic E-state index is 0.0950. The number of Topliss-reactive ketones (excluding diaryl/α,β-unsaturated/α-hetero) is 1. The van der Waals surface area contributed by atoms with E-state index < -0.39 is 0 Å². The van der Waals surface area contributed by atoms with Gasteiger partial charge in [0.15, 0.2) is 5.78 Å². The molecule has 1 aromatic carbocycles. The standard InChI is InChI=1S/C17H24O3/c1-5-6-7-8-13-11(2)14-9-12(19-3)10-15(20-4)16(14)17(13)18/h9-11,13H,5-8H2,1-4H3/t11-,13-/m1/s1. The number of carbonyl (C=O) groups is 1. The normalized spacial score (nSPS) is 20.9. The van der Waals surface area contributed by atoms with Crippen LogP contribution in [0.15, 0.2) is 12.1 Å². The quantitative estimate of drug-likeness (QED) is 0.730. The fourth-order valence-corrected chi connectivity index (χ4v) is 3.14. The van der Waals surface area contributed by atoms with Crippen LogP contribution in [0.4, 0.5) is 0 Å². The third-order valence-electron chi connectivity index (χ3n) is 4.36. The monoisotopic (exact) mass is 276 g/mol. The Morgan fingerprint density at radius 1 is 1.15 bits per heavy atom. The van der Waals surface area contributed by atoms with Crippen LogP contribution in [-0.4, -0.2) is 20.0 Å². The number of hydrogen-bond donors (Lipinski definition) is 0. The molecule has 0 aliphatic heterocycles. The van der Waals surface area contributed by atoms with Crippen molar-refractivity contribution < 1.29 is 14.3 Å². The number of fused-ring (bicyclic) bond motifs is 1. The van der Waals surface area contributed by atoms with Crippen LogP contribution in [-0.2, 0) is 0 Å². The molecule has 3 nitrogen and oxygen atoms in total. The fraction of sp³-hybridized carbons (Fsp3) is 0.588. The summed E-state index contributed by atoms with van der Waals surface area (Å²) in [5.41, 5.74) is 1.84. The Bertz CT molecular complexity index is 493. The molecule has 3 heteroatoms. The van der Waals surface area contributed by atoms with Gasteiger partial charge < -0.3 is 9.47 Å². The minimum Gasteiger partial charge on any atom is -0.497 e. The molecule has 0 aromatic heterocycles. The zero-order chi connectivity index (χ0) is 14.7. The van der Waals surface area contributed by atoms with Crippen molar-refractivity contribution in [3.8, 4) is 11.5 Å². The van der Waals surface area contributed by atoms with E-state index in [-0.39, 0.29) is 17.6 Å². The van der Waals surface area contributed by atoms with Gasteiger partial charge in [0.05, 0.1) is 19.8 Å². The topological polar surface area (TPSA) is 35.5 Å². The van der Waals surface area contributed by atoms with Gasteiger partial charge in [-0.05, 0) is 24.0 Å². The number of ether oxygens (including phenoxy) is 2. The molecule has 1 aromatic rings. The molecule has 2 rings (SSSR count). The van der Waals surface area contributed by atoms with Crippen LogP contribution in [0.2, 0.25) is 0 Å². The number of ketones is 1. The van der Waals surface area contributed by atoms with Crippen LogP contribution in [0, 0.1) is 5.92 Å². The summed E-state index contributed by atoms with van der Waals surface area (Å²) >= 11 is 0. The highest BCUT2D eigenvalue weighted by molar-refractivity contribution is 6.05. The van der Waals surface area contributed by atoms with Gasteiger partial charge in [-0.1, -0.05) is 33.1 Å². The lowest BCUT2D eigenvalue weighted by Crippen LogP contribution is -2.12. The molecule has 110 valence electrons. The molecule has 0 unspecified atom stereocenters. The highest BCUT2D eigenvalue weighted by Gasteiger charge is 2.39. The summed E-state index contributed by atoms with van der Waals surface area (Å²) in [5.74, 6) is 1.99. The van der Waals surface area contributed by atoms with Gasteiger partial charge in [-0.2, -0.15) is 0 Å². The Hall–Kier alpha value is -1.51. The van der Waals surface area contributed by atoms with Crippen molar-refractivity contribution in [2.75, 3.05) is 14.2 Å². The third kappa shape index (κ3) is 2.54. The first-order valence-electron chi connectivity index (χ1n) is 7.44. The zero-order valence-corrected chi connectivity index (χ0v) is 12.9. The van der Waals surface area contributed by atoms with Crippen LogP contribution in [0.1, 0.15) is 61.4 Å². The first-order chi connectivity index (χ1) is 9.63. The van der Waals surface area contributed by atoms with E-state index in [1.165, 1.54) is 12.8 Å². The third-order valence-corrected chi connectivity index (χ3v) is 4.36. The smallest absolute Gasteiger partial charge is 0.170 e. The summed E-state index contributed by atoms with van der Waals surface area (Å²) in [6, 6.07) is 3.79. The maximum Gasteiger partial charge on any atom is 0.170 e. The lowest BCUT2D eigenvalue weighted by atomic mass is 9.89. The Morgan fingerprint density at radius 3 is 2.50 bits per heavy atom. The SMILES string of the molecule is CCCCC[C@H]1C(=O)c2c(OC)cc(OC)cc2[C@@H]1C. The Morgan fingerprint density at radius 2 is 1.90 bits per heavy atom. The molecule has 1 aliphatic carbocycles. The maximum atomic E-state index is 12.7. The van der Waals surface area contributed by atoms with Crippen molar-refractivity contribution in [2.45, 2.75) is 45.4 Å². The summed E-state index contributed by atoms with van der Waals surface area (Å²) in [6.45, 7) is 4.32. The highest BCUT2D eigenvalue weighted by Crippen LogP contribution is 2.45. The van der Waals surface area contributed by atoms with E-state index in [1.54, 1.807) is 20.3 Å². The van der Waals surface area contributed by atoms with Gasteiger partial charge in [-0.15, -0.1) is 0 Å². The molecule has 0 bridgehead atoms. The average molecular weight is 276 g/mol. The molecule has 2 atom stereocenters. The van der Waals surface area contributed by atoms with Crippen LogP contribution in [0.3, 0.4) is 0 Å². The summed E-state index contributed by atoms with van der Waals surface area (Å²) in [5, 5.41) is 0. The van der Waals surface area contributed by atoms with Gasteiger partial charge in [0.2, 0.25) is 0 Å². The van der Waals surface area contributed by atoms with Gasteiger partial charge in [-0.25, -0.2) is 0 Å². The summed E-state index contributed by atoms with van der Waals surface area (Å²) in [6.07, 6.45) is 4.45. The van der Waals surface area contributed by atoms with E-state index in [2.05, 4.69) is 13.8 Å². The Kier molecular flexibility index (Phi) is 4.69. The molecule has 0 fully saturated rings. The molecular weight excluding hydrogens is 252 g/mol. The lowest BCUT2D eigenvalue weighted by Gasteiger charge is -2.14. The van der Waals surface area contributed by atoms with Crippen molar-refractivity contribution in [1.82, 2.24) is 0 Å². The van der Waals surface area contributed by atoms with Gasteiger partial charge >= 0.3 is 0 Å². The summed E-state index contributed by atoms with van der Waals surface area (Å²) in [7, 11) is 3.25. The predicted octanol–water partition coefficient (Wildman–Crippen LogP) is 4.20. The largest absolute Gasteiger partial charge is 0.497 e. The first-order valence-corrected chi connectivity index (χ1v) is 7.44. The highest BCUT2D eigenvalue weighted by atomic mass is 16.5. The van der Waals surface area contributed by atoms with Crippen molar-refractivity contribution in [2.24, 2.45) is 5.92 Å². The molecule has 0 N–H and O–H groups in total.